The predicted molar refractivity (Wildman–Crippen MR) is 102 cm³/mol. The lowest BCUT2D eigenvalue weighted by Crippen LogP contribution is -2.27. The van der Waals surface area contributed by atoms with E-state index in [4.69, 9.17) is 21.1 Å². The normalized spacial score (nSPS) is 13.9. The van der Waals surface area contributed by atoms with E-state index in [1.807, 2.05) is 0 Å². The highest BCUT2D eigenvalue weighted by Crippen LogP contribution is 2.38. The lowest BCUT2D eigenvalue weighted by molar-refractivity contribution is -0.118. The minimum Gasteiger partial charge on any atom is -0.495 e. The van der Waals surface area contributed by atoms with Crippen LogP contribution in [0.15, 0.2) is 40.1 Å². The quantitative estimate of drug-likeness (QED) is 0.717. The van der Waals surface area contributed by atoms with Crippen molar-refractivity contribution >= 4 is 48.7 Å². The number of fused-ring (bicyclic) bond motifs is 1. The highest BCUT2D eigenvalue weighted by atomic mass is 35.5. The molecule has 0 bridgehead atoms. The Bertz CT molecular complexity index is 1180. The van der Waals surface area contributed by atoms with E-state index in [0.29, 0.717) is 5.75 Å². The van der Waals surface area contributed by atoms with Gasteiger partial charge in [0.2, 0.25) is 0 Å². The molecule has 0 radical (unpaired) electrons. The van der Waals surface area contributed by atoms with Crippen molar-refractivity contribution in [1.29, 1.82) is 0 Å². The molecule has 150 valence electrons. The van der Waals surface area contributed by atoms with Gasteiger partial charge in [-0.25, -0.2) is 16.8 Å². The fraction of sp³-hybridized carbons (Fsp3) is 0.188. The second-order valence-corrected chi connectivity index (χ2v) is 9.94. The summed E-state index contributed by atoms with van der Waals surface area (Å²) in [6.07, 6.45) is 0.924. The van der Waals surface area contributed by atoms with Crippen LogP contribution in [0.5, 0.6) is 11.5 Å². The van der Waals surface area contributed by atoms with Gasteiger partial charge >= 0.3 is 0 Å². The van der Waals surface area contributed by atoms with E-state index >= 15 is 0 Å². The summed E-state index contributed by atoms with van der Waals surface area (Å²) >= 11 is 6.01. The van der Waals surface area contributed by atoms with Crippen molar-refractivity contribution in [3.8, 4) is 11.5 Å². The van der Waals surface area contributed by atoms with Gasteiger partial charge in [-0.05, 0) is 30.3 Å². The Morgan fingerprint density at radius 3 is 2.50 bits per heavy atom. The van der Waals surface area contributed by atoms with Gasteiger partial charge in [0.15, 0.2) is 22.2 Å². The van der Waals surface area contributed by atoms with Crippen LogP contribution in [0.4, 0.5) is 11.4 Å². The molecule has 1 amide bonds. The van der Waals surface area contributed by atoms with Gasteiger partial charge in [-0.15, -0.1) is 0 Å². The van der Waals surface area contributed by atoms with Crippen molar-refractivity contribution in [3.05, 3.63) is 35.4 Å². The maximum Gasteiger partial charge on any atom is 0.265 e. The second-order valence-electron chi connectivity index (χ2n) is 5.86. The van der Waals surface area contributed by atoms with Gasteiger partial charge in [0.05, 0.1) is 28.4 Å². The van der Waals surface area contributed by atoms with E-state index in [9.17, 15) is 21.6 Å². The summed E-state index contributed by atoms with van der Waals surface area (Å²) in [7, 11) is -6.63. The monoisotopic (exact) mass is 446 g/mol. The van der Waals surface area contributed by atoms with Gasteiger partial charge in [-0.1, -0.05) is 11.6 Å². The fourth-order valence-corrected chi connectivity index (χ4v) is 4.73. The topological polar surface area (TPSA) is 128 Å². The Kier molecular flexibility index (Phi) is 5.17. The lowest BCUT2D eigenvalue weighted by Gasteiger charge is -2.22. The van der Waals surface area contributed by atoms with E-state index in [2.05, 4.69) is 10.0 Å². The summed E-state index contributed by atoms with van der Waals surface area (Å²) in [5.74, 6) is -0.331. The molecule has 28 heavy (non-hydrogen) atoms. The molecule has 2 aromatic carbocycles. The minimum atomic E-state index is -4.28. The van der Waals surface area contributed by atoms with Crippen molar-refractivity contribution in [2.24, 2.45) is 0 Å². The number of anilines is 2. The minimum absolute atomic E-state index is 0.0488. The van der Waals surface area contributed by atoms with Crippen LogP contribution in [0.25, 0.3) is 0 Å². The molecular weight excluding hydrogens is 432 g/mol. The van der Waals surface area contributed by atoms with Crippen LogP contribution in [-0.2, 0) is 24.7 Å². The predicted octanol–water partition coefficient (Wildman–Crippen LogP) is 1.88. The van der Waals surface area contributed by atoms with Crippen LogP contribution in [0, 0.1) is 0 Å². The molecule has 0 saturated heterocycles. The molecule has 0 unspecified atom stereocenters. The third kappa shape index (κ3) is 4.01. The van der Waals surface area contributed by atoms with Crippen LogP contribution in [0.2, 0.25) is 5.02 Å². The third-order valence-corrected chi connectivity index (χ3v) is 6.55. The standard InChI is InChI=1S/C16H15ClN2O7S2/c1-25-13-4-3-9(5-11(13)17)19-28(23,24)14-7-10(27(2,21)22)6-12-16(14)26-8-15(20)18-12/h3-7,19H,8H2,1-2H3,(H,18,20). The van der Waals surface area contributed by atoms with Crippen molar-refractivity contribution in [3.63, 3.8) is 0 Å². The number of amides is 1. The average molecular weight is 447 g/mol. The molecule has 0 spiro atoms. The molecule has 0 atom stereocenters. The Balaban J connectivity index is 2.11. The van der Waals surface area contributed by atoms with E-state index < -0.39 is 37.3 Å². The molecule has 2 N–H and O–H groups in total. The first-order valence-corrected chi connectivity index (χ1v) is 11.4. The number of hydrogen-bond donors (Lipinski definition) is 2. The number of carbonyl (C=O) groups is 1. The molecular formula is C16H15ClN2O7S2. The van der Waals surface area contributed by atoms with Gasteiger partial charge in [0, 0.05) is 6.26 Å². The second kappa shape index (κ2) is 7.15. The number of ether oxygens (including phenoxy) is 2. The number of sulfonamides is 1. The number of nitrogens with one attached hydrogen (secondary N) is 2. The zero-order valence-corrected chi connectivity index (χ0v) is 17.0. The summed E-state index contributed by atoms with van der Waals surface area (Å²) in [6, 6.07) is 6.36. The summed E-state index contributed by atoms with van der Waals surface area (Å²) in [5, 5.41) is 2.59. The Morgan fingerprint density at radius 1 is 1.18 bits per heavy atom. The fourth-order valence-electron chi connectivity index (χ4n) is 2.50. The van der Waals surface area contributed by atoms with Crippen molar-refractivity contribution in [1.82, 2.24) is 0 Å². The zero-order chi connectivity index (χ0) is 20.7. The molecule has 9 nitrogen and oxygen atoms in total. The number of hydrogen-bond acceptors (Lipinski definition) is 7. The first-order chi connectivity index (χ1) is 13.0. The largest absolute Gasteiger partial charge is 0.495 e. The van der Waals surface area contributed by atoms with Gasteiger partial charge in [0.25, 0.3) is 15.9 Å². The molecule has 0 fully saturated rings. The van der Waals surface area contributed by atoms with Crippen molar-refractivity contribution in [2.75, 3.05) is 30.0 Å². The van der Waals surface area contributed by atoms with Gasteiger partial charge < -0.3 is 14.8 Å². The molecule has 0 aliphatic carbocycles. The van der Waals surface area contributed by atoms with E-state index in [-0.39, 0.29) is 27.0 Å². The number of carbonyl (C=O) groups excluding carboxylic acids is 1. The van der Waals surface area contributed by atoms with E-state index in [1.165, 1.54) is 25.3 Å². The van der Waals surface area contributed by atoms with Crippen LogP contribution in [0.1, 0.15) is 0 Å². The SMILES string of the molecule is COc1ccc(NS(=O)(=O)c2cc(S(C)(=O)=O)cc3c2OCC(=O)N3)cc1Cl. The first kappa shape index (κ1) is 20.2. The Labute approximate surface area is 166 Å². The zero-order valence-electron chi connectivity index (χ0n) is 14.6. The molecule has 3 rings (SSSR count). The molecule has 12 heteroatoms. The first-order valence-electron chi connectivity index (χ1n) is 7.68. The lowest BCUT2D eigenvalue weighted by atomic mass is 10.2. The molecule has 0 saturated carbocycles. The maximum atomic E-state index is 12.9. The highest BCUT2D eigenvalue weighted by Gasteiger charge is 2.29. The van der Waals surface area contributed by atoms with Crippen molar-refractivity contribution in [2.45, 2.75) is 9.79 Å². The highest BCUT2D eigenvalue weighted by molar-refractivity contribution is 7.93. The van der Waals surface area contributed by atoms with E-state index in [0.717, 1.165) is 18.4 Å². The number of sulfone groups is 1. The summed E-state index contributed by atoms with van der Waals surface area (Å²) in [6.45, 7) is -0.401. The van der Waals surface area contributed by atoms with Gasteiger partial charge in [-0.2, -0.15) is 0 Å². The van der Waals surface area contributed by atoms with Crippen LogP contribution >= 0.6 is 11.6 Å². The van der Waals surface area contributed by atoms with Gasteiger partial charge in [-0.3, -0.25) is 9.52 Å². The molecule has 1 aliphatic heterocycles. The van der Waals surface area contributed by atoms with E-state index in [1.54, 1.807) is 0 Å². The number of methoxy groups -OCH3 is 1. The molecule has 1 heterocycles. The number of benzene rings is 2. The molecule has 2 aromatic rings. The average Bonchev–Trinajstić information content (AvgIpc) is 2.59. The third-order valence-electron chi connectivity index (χ3n) is 3.77. The van der Waals surface area contributed by atoms with Crippen LogP contribution in [0.3, 0.4) is 0 Å². The Morgan fingerprint density at radius 2 is 1.89 bits per heavy atom. The summed E-state index contributed by atoms with van der Waals surface area (Å²) < 4.78 is 62.3. The van der Waals surface area contributed by atoms with Crippen molar-refractivity contribution < 1.29 is 31.1 Å². The number of rotatable bonds is 5. The molecule has 0 aromatic heterocycles. The number of halogens is 1. The van der Waals surface area contributed by atoms with Crippen LogP contribution < -0.4 is 19.5 Å². The molecule has 1 aliphatic rings. The maximum absolute atomic E-state index is 12.9. The smallest absolute Gasteiger partial charge is 0.265 e. The Hall–Kier alpha value is -2.50. The van der Waals surface area contributed by atoms with Gasteiger partial charge in [0.1, 0.15) is 10.6 Å². The summed E-state index contributed by atoms with van der Waals surface area (Å²) in [4.78, 5) is 10.8. The summed E-state index contributed by atoms with van der Waals surface area (Å²) in [5.41, 5.74) is 0.0801. The van der Waals surface area contributed by atoms with Crippen LogP contribution in [-0.4, -0.2) is 42.7 Å².